The van der Waals surface area contributed by atoms with E-state index in [0.29, 0.717) is 12.0 Å². The zero-order valence-electron chi connectivity index (χ0n) is 12.2. The molecule has 1 aromatic rings. The van der Waals surface area contributed by atoms with E-state index in [-0.39, 0.29) is 24.8 Å². The van der Waals surface area contributed by atoms with Crippen molar-refractivity contribution in [2.45, 2.75) is 6.42 Å². The molecule has 0 saturated carbocycles. The van der Waals surface area contributed by atoms with Gasteiger partial charge in [-0.3, -0.25) is 4.79 Å². The van der Waals surface area contributed by atoms with E-state index >= 15 is 0 Å². The Morgan fingerprint density at radius 2 is 1.90 bits per heavy atom. The van der Waals surface area contributed by atoms with Crippen molar-refractivity contribution in [2.75, 3.05) is 32.2 Å². The summed E-state index contributed by atoms with van der Waals surface area (Å²) in [4.78, 5) is 13.5. The number of aliphatic hydroxyl groups excluding tert-OH is 1. The molecule has 1 aromatic carbocycles. The molecule has 0 heterocycles. The lowest BCUT2D eigenvalue weighted by molar-refractivity contribution is 0.0803. The SMILES string of the molecule is CN(CCS(C)(=O)=O)C(=O)c1ccc(C#CCCO)cc1. The van der Waals surface area contributed by atoms with Crippen LogP contribution >= 0.6 is 0 Å². The maximum Gasteiger partial charge on any atom is 0.253 e. The number of hydrogen-bond donors (Lipinski definition) is 1. The van der Waals surface area contributed by atoms with Gasteiger partial charge in [0.2, 0.25) is 0 Å². The molecular weight excluding hydrogens is 290 g/mol. The van der Waals surface area contributed by atoms with E-state index in [1.807, 2.05) is 0 Å². The summed E-state index contributed by atoms with van der Waals surface area (Å²) in [6.07, 6.45) is 1.56. The summed E-state index contributed by atoms with van der Waals surface area (Å²) >= 11 is 0. The van der Waals surface area contributed by atoms with Crippen LogP contribution in [0, 0.1) is 11.8 Å². The molecule has 0 unspecified atom stereocenters. The number of carbonyl (C=O) groups is 1. The van der Waals surface area contributed by atoms with Gasteiger partial charge in [0.1, 0.15) is 9.84 Å². The van der Waals surface area contributed by atoms with Gasteiger partial charge in [0, 0.05) is 37.4 Å². The number of sulfone groups is 1. The molecule has 1 amide bonds. The largest absolute Gasteiger partial charge is 0.395 e. The third-order valence-corrected chi connectivity index (χ3v) is 3.67. The van der Waals surface area contributed by atoms with Crippen LogP contribution in [0.4, 0.5) is 0 Å². The van der Waals surface area contributed by atoms with Gasteiger partial charge in [-0.2, -0.15) is 0 Å². The Morgan fingerprint density at radius 1 is 1.29 bits per heavy atom. The molecule has 0 aliphatic heterocycles. The predicted octanol–water partition coefficient (Wildman–Crippen LogP) is 0.537. The van der Waals surface area contributed by atoms with Crippen molar-refractivity contribution in [3.05, 3.63) is 35.4 Å². The second kappa shape index (κ2) is 7.81. The predicted molar refractivity (Wildman–Crippen MR) is 81.7 cm³/mol. The number of nitrogens with zero attached hydrogens (tertiary/aromatic N) is 1. The van der Waals surface area contributed by atoms with E-state index in [2.05, 4.69) is 11.8 Å². The second-order valence-electron chi connectivity index (χ2n) is 4.71. The molecule has 5 nitrogen and oxygen atoms in total. The smallest absolute Gasteiger partial charge is 0.253 e. The maximum atomic E-state index is 12.1. The minimum Gasteiger partial charge on any atom is -0.395 e. The van der Waals surface area contributed by atoms with Crippen LogP contribution in [0.25, 0.3) is 0 Å². The molecule has 0 radical (unpaired) electrons. The van der Waals surface area contributed by atoms with E-state index in [1.54, 1.807) is 31.3 Å². The minimum atomic E-state index is -3.09. The molecule has 0 spiro atoms. The molecule has 114 valence electrons. The van der Waals surface area contributed by atoms with Gasteiger partial charge >= 0.3 is 0 Å². The standard InChI is InChI=1S/C15H19NO4S/c1-16(10-12-21(2,19)20)15(18)14-8-6-13(7-9-14)5-3-4-11-17/h6-9,17H,4,10-12H2,1-2H3. The van der Waals surface area contributed by atoms with Crippen LogP contribution in [0.15, 0.2) is 24.3 Å². The van der Waals surface area contributed by atoms with E-state index in [9.17, 15) is 13.2 Å². The highest BCUT2D eigenvalue weighted by molar-refractivity contribution is 7.90. The summed E-state index contributed by atoms with van der Waals surface area (Å²) < 4.78 is 22.2. The first kappa shape index (κ1) is 17.2. The average molecular weight is 309 g/mol. The molecule has 0 aliphatic carbocycles. The zero-order chi connectivity index (χ0) is 15.9. The van der Waals surface area contributed by atoms with Crippen LogP contribution in [0.2, 0.25) is 0 Å². The first-order chi connectivity index (χ1) is 9.83. The monoisotopic (exact) mass is 309 g/mol. The van der Waals surface area contributed by atoms with Crippen molar-refractivity contribution in [3.8, 4) is 11.8 Å². The number of carbonyl (C=O) groups excluding carboxylic acids is 1. The van der Waals surface area contributed by atoms with Gasteiger partial charge in [-0.1, -0.05) is 11.8 Å². The minimum absolute atomic E-state index is 0.0225. The van der Waals surface area contributed by atoms with Crippen LogP contribution in [-0.2, 0) is 9.84 Å². The van der Waals surface area contributed by atoms with Crippen LogP contribution in [0.1, 0.15) is 22.3 Å². The summed E-state index contributed by atoms with van der Waals surface area (Å²) in [5.74, 6) is 5.39. The number of rotatable bonds is 5. The first-order valence-electron chi connectivity index (χ1n) is 6.46. The number of amides is 1. The van der Waals surface area contributed by atoms with E-state index in [4.69, 9.17) is 5.11 Å². The lowest BCUT2D eigenvalue weighted by Crippen LogP contribution is -2.31. The molecule has 1 N–H and O–H groups in total. The molecule has 0 aromatic heterocycles. The van der Waals surface area contributed by atoms with Crippen molar-refractivity contribution in [2.24, 2.45) is 0 Å². The van der Waals surface area contributed by atoms with Crippen LogP contribution < -0.4 is 0 Å². The number of hydrogen-bond acceptors (Lipinski definition) is 4. The van der Waals surface area contributed by atoms with E-state index < -0.39 is 9.84 Å². The number of benzene rings is 1. The summed E-state index contributed by atoms with van der Waals surface area (Å²) in [6, 6.07) is 6.76. The molecule has 6 heteroatoms. The Kier molecular flexibility index (Phi) is 6.40. The lowest BCUT2D eigenvalue weighted by atomic mass is 10.1. The zero-order valence-corrected chi connectivity index (χ0v) is 13.0. The van der Waals surface area contributed by atoms with Crippen molar-refractivity contribution in [1.82, 2.24) is 4.90 Å². The average Bonchev–Trinajstić information content (AvgIpc) is 2.44. The summed E-state index contributed by atoms with van der Waals surface area (Å²) in [5.41, 5.74) is 1.25. The van der Waals surface area contributed by atoms with Crippen LogP contribution in [0.3, 0.4) is 0 Å². The third kappa shape index (κ3) is 6.43. The summed E-state index contributed by atoms with van der Waals surface area (Å²) in [7, 11) is -1.52. The summed E-state index contributed by atoms with van der Waals surface area (Å²) in [5, 5.41) is 8.63. The Hall–Kier alpha value is -1.84. The Bertz CT molecular complexity index is 638. The van der Waals surface area contributed by atoms with Gasteiger partial charge in [0.15, 0.2) is 0 Å². The molecule has 0 bridgehead atoms. The van der Waals surface area contributed by atoms with Gasteiger partial charge < -0.3 is 10.0 Å². The molecule has 0 aliphatic rings. The molecule has 0 fully saturated rings. The van der Waals surface area contributed by atoms with Crippen molar-refractivity contribution in [3.63, 3.8) is 0 Å². The first-order valence-corrected chi connectivity index (χ1v) is 8.52. The highest BCUT2D eigenvalue weighted by Gasteiger charge is 2.13. The third-order valence-electron chi connectivity index (χ3n) is 2.75. The molecule has 0 saturated heterocycles. The Morgan fingerprint density at radius 3 is 2.43 bits per heavy atom. The van der Waals surface area contributed by atoms with Gasteiger partial charge in [0.25, 0.3) is 5.91 Å². The van der Waals surface area contributed by atoms with Crippen molar-refractivity contribution in [1.29, 1.82) is 0 Å². The van der Waals surface area contributed by atoms with E-state index in [0.717, 1.165) is 11.8 Å². The van der Waals surface area contributed by atoms with Crippen molar-refractivity contribution >= 4 is 15.7 Å². The Balaban J connectivity index is 2.69. The molecule has 21 heavy (non-hydrogen) atoms. The fourth-order valence-corrected chi connectivity index (χ4v) is 2.15. The van der Waals surface area contributed by atoms with Gasteiger partial charge in [-0.25, -0.2) is 8.42 Å². The normalized spacial score (nSPS) is 10.6. The van der Waals surface area contributed by atoms with Crippen molar-refractivity contribution < 1.29 is 18.3 Å². The Labute approximate surface area is 125 Å². The lowest BCUT2D eigenvalue weighted by Gasteiger charge is -2.16. The molecular formula is C15H19NO4S. The highest BCUT2D eigenvalue weighted by atomic mass is 32.2. The summed E-state index contributed by atoms with van der Waals surface area (Å²) in [6.45, 7) is 0.185. The van der Waals surface area contributed by atoms with Gasteiger partial charge in [-0.15, -0.1) is 0 Å². The van der Waals surface area contributed by atoms with Gasteiger partial charge in [0.05, 0.1) is 12.4 Å². The fourth-order valence-electron chi connectivity index (χ4n) is 1.54. The van der Waals surface area contributed by atoms with Crippen LogP contribution in [0.5, 0.6) is 0 Å². The molecule has 1 rings (SSSR count). The van der Waals surface area contributed by atoms with Crippen LogP contribution in [-0.4, -0.2) is 56.5 Å². The van der Waals surface area contributed by atoms with E-state index in [1.165, 1.54) is 4.90 Å². The fraction of sp³-hybridized carbons (Fsp3) is 0.400. The van der Waals surface area contributed by atoms with Gasteiger partial charge in [-0.05, 0) is 24.3 Å². The number of aliphatic hydroxyl groups is 1. The second-order valence-corrected chi connectivity index (χ2v) is 6.97. The maximum absolute atomic E-state index is 12.1. The molecule has 0 atom stereocenters. The quantitative estimate of drug-likeness (QED) is 0.806. The topological polar surface area (TPSA) is 74.7 Å². The highest BCUT2D eigenvalue weighted by Crippen LogP contribution is 2.06.